The first-order valence-electron chi connectivity index (χ1n) is 6.87. The summed E-state index contributed by atoms with van der Waals surface area (Å²) in [5.74, 6) is -0.200. The summed E-state index contributed by atoms with van der Waals surface area (Å²) < 4.78 is 13.3. The summed E-state index contributed by atoms with van der Waals surface area (Å²) in [5.41, 5.74) is 4.30. The molecule has 0 saturated heterocycles. The van der Waals surface area contributed by atoms with E-state index >= 15 is 0 Å². The molecule has 0 unspecified atom stereocenters. The summed E-state index contributed by atoms with van der Waals surface area (Å²) >= 11 is 0. The van der Waals surface area contributed by atoms with Crippen LogP contribution in [0.4, 0.5) is 10.1 Å². The van der Waals surface area contributed by atoms with Gasteiger partial charge in [-0.15, -0.1) is 0 Å². The van der Waals surface area contributed by atoms with Crippen LogP contribution in [0.15, 0.2) is 60.8 Å². The summed E-state index contributed by atoms with van der Waals surface area (Å²) in [4.78, 5) is 2.16. The average Bonchev–Trinajstić information content (AvgIpc) is 2.45. The summed E-state index contributed by atoms with van der Waals surface area (Å²) in [6.07, 6.45) is 0.865. The maximum atomic E-state index is 13.3. The summed E-state index contributed by atoms with van der Waals surface area (Å²) in [6.45, 7) is 8.94. The molecular formula is C18H20FN. The van der Waals surface area contributed by atoms with Crippen molar-refractivity contribution in [3.63, 3.8) is 0 Å². The lowest BCUT2D eigenvalue weighted by Gasteiger charge is -2.28. The zero-order valence-electron chi connectivity index (χ0n) is 12.1. The van der Waals surface area contributed by atoms with Crippen molar-refractivity contribution in [2.45, 2.75) is 26.8 Å². The maximum absolute atomic E-state index is 13.3. The number of halogens is 1. The second-order valence-corrected chi connectivity index (χ2v) is 4.92. The molecule has 0 radical (unpaired) electrons. The van der Waals surface area contributed by atoms with E-state index in [1.54, 1.807) is 12.1 Å². The fourth-order valence-corrected chi connectivity index (χ4v) is 2.24. The minimum atomic E-state index is -0.200. The van der Waals surface area contributed by atoms with Crippen LogP contribution in [0.25, 0.3) is 0 Å². The highest BCUT2D eigenvalue weighted by molar-refractivity contribution is 5.57. The van der Waals surface area contributed by atoms with Gasteiger partial charge in [-0.05, 0) is 42.7 Å². The van der Waals surface area contributed by atoms with E-state index in [9.17, 15) is 4.39 Å². The number of benzene rings is 2. The van der Waals surface area contributed by atoms with Gasteiger partial charge in [-0.25, -0.2) is 4.39 Å². The van der Waals surface area contributed by atoms with E-state index in [1.807, 2.05) is 18.2 Å². The van der Waals surface area contributed by atoms with Crippen LogP contribution in [-0.2, 0) is 6.54 Å². The molecule has 0 heterocycles. The first-order chi connectivity index (χ1) is 9.61. The van der Waals surface area contributed by atoms with E-state index in [0.717, 1.165) is 23.4 Å². The van der Waals surface area contributed by atoms with Crippen LogP contribution in [-0.4, -0.2) is 0 Å². The van der Waals surface area contributed by atoms with Gasteiger partial charge >= 0.3 is 0 Å². The number of hydrogen-bond donors (Lipinski definition) is 0. The third kappa shape index (κ3) is 3.27. The van der Waals surface area contributed by atoms with Crippen LogP contribution in [0.5, 0.6) is 0 Å². The topological polar surface area (TPSA) is 3.24 Å². The molecule has 0 spiro atoms. The van der Waals surface area contributed by atoms with Gasteiger partial charge in [0, 0.05) is 17.9 Å². The third-order valence-corrected chi connectivity index (χ3v) is 3.43. The zero-order valence-corrected chi connectivity index (χ0v) is 12.1. The number of anilines is 1. The summed E-state index contributed by atoms with van der Waals surface area (Å²) in [6, 6.07) is 14.9. The van der Waals surface area contributed by atoms with E-state index in [-0.39, 0.29) is 5.82 Å². The zero-order chi connectivity index (χ0) is 14.5. The number of aryl methyl sites for hydroxylation is 1. The lowest BCUT2D eigenvalue weighted by atomic mass is 10.1. The van der Waals surface area contributed by atoms with Crippen LogP contribution in [0, 0.1) is 12.7 Å². The van der Waals surface area contributed by atoms with Crippen molar-refractivity contribution in [2.75, 3.05) is 4.90 Å². The van der Waals surface area contributed by atoms with Gasteiger partial charge in [-0.2, -0.15) is 0 Å². The molecule has 2 heteroatoms. The van der Waals surface area contributed by atoms with Crippen LogP contribution in [0.1, 0.15) is 24.5 Å². The molecule has 2 aromatic carbocycles. The second-order valence-electron chi connectivity index (χ2n) is 4.92. The van der Waals surface area contributed by atoms with Crippen LogP contribution in [0.3, 0.4) is 0 Å². The molecule has 0 aliphatic carbocycles. The molecule has 2 aromatic rings. The third-order valence-electron chi connectivity index (χ3n) is 3.43. The lowest BCUT2D eigenvalue weighted by Crippen LogP contribution is -2.21. The maximum Gasteiger partial charge on any atom is 0.123 e. The van der Waals surface area contributed by atoms with Crippen LogP contribution < -0.4 is 4.90 Å². The Balaban J connectivity index is 2.34. The molecule has 0 amide bonds. The Labute approximate surface area is 120 Å². The van der Waals surface area contributed by atoms with Crippen molar-refractivity contribution in [1.29, 1.82) is 0 Å². The molecule has 104 valence electrons. The van der Waals surface area contributed by atoms with E-state index in [4.69, 9.17) is 0 Å². The SMILES string of the molecule is C=C(CC)N(Cc1cccc(F)c1)c1ccccc1C. The van der Waals surface area contributed by atoms with Gasteiger partial charge in [-0.1, -0.05) is 43.8 Å². The lowest BCUT2D eigenvalue weighted by molar-refractivity contribution is 0.625. The summed E-state index contributed by atoms with van der Waals surface area (Å²) in [5, 5.41) is 0. The molecule has 0 fully saturated rings. The Kier molecular flexibility index (Phi) is 4.57. The monoisotopic (exact) mass is 269 g/mol. The number of allylic oxidation sites excluding steroid dienone is 1. The Morgan fingerprint density at radius 2 is 1.90 bits per heavy atom. The number of nitrogens with zero attached hydrogens (tertiary/aromatic N) is 1. The first kappa shape index (κ1) is 14.3. The molecule has 20 heavy (non-hydrogen) atoms. The smallest absolute Gasteiger partial charge is 0.123 e. The normalized spacial score (nSPS) is 10.3. The van der Waals surface area contributed by atoms with Gasteiger partial charge in [-0.3, -0.25) is 0 Å². The predicted molar refractivity (Wildman–Crippen MR) is 83.2 cm³/mol. The van der Waals surface area contributed by atoms with Gasteiger partial charge in [0.2, 0.25) is 0 Å². The van der Waals surface area contributed by atoms with Crippen molar-refractivity contribution in [1.82, 2.24) is 0 Å². The fraction of sp³-hybridized carbons (Fsp3) is 0.222. The molecular weight excluding hydrogens is 249 g/mol. The average molecular weight is 269 g/mol. The Morgan fingerprint density at radius 1 is 1.15 bits per heavy atom. The fourth-order valence-electron chi connectivity index (χ4n) is 2.24. The van der Waals surface area contributed by atoms with E-state index < -0.39 is 0 Å². The molecule has 0 saturated carbocycles. The van der Waals surface area contributed by atoms with Gasteiger partial charge in [0.25, 0.3) is 0 Å². The highest BCUT2D eigenvalue weighted by Crippen LogP contribution is 2.26. The van der Waals surface area contributed by atoms with E-state index in [0.29, 0.717) is 6.54 Å². The second kappa shape index (κ2) is 6.38. The number of rotatable bonds is 5. The molecule has 2 rings (SSSR count). The minimum absolute atomic E-state index is 0.200. The molecule has 0 aromatic heterocycles. The summed E-state index contributed by atoms with van der Waals surface area (Å²) in [7, 11) is 0. The van der Waals surface area contributed by atoms with Crippen LogP contribution in [0.2, 0.25) is 0 Å². The number of hydrogen-bond acceptors (Lipinski definition) is 1. The molecule has 1 nitrogen and oxygen atoms in total. The molecule has 0 aliphatic rings. The first-order valence-corrected chi connectivity index (χ1v) is 6.87. The van der Waals surface area contributed by atoms with Crippen LogP contribution >= 0.6 is 0 Å². The largest absolute Gasteiger partial charge is 0.341 e. The predicted octanol–water partition coefficient (Wildman–Crippen LogP) is 5.06. The Hall–Kier alpha value is -2.09. The van der Waals surface area contributed by atoms with Crippen molar-refractivity contribution in [3.8, 4) is 0 Å². The van der Waals surface area contributed by atoms with Crippen molar-refractivity contribution in [2.24, 2.45) is 0 Å². The molecule has 0 atom stereocenters. The highest BCUT2D eigenvalue weighted by Gasteiger charge is 2.12. The van der Waals surface area contributed by atoms with Crippen molar-refractivity contribution in [3.05, 3.63) is 77.8 Å². The highest BCUT2D eigenvalue weighted by atomic mass is 19.1. The van der Waals surface area contributed by atoms with E-state index in [1.165, 1.54) is 11.6 Å². The standard InChI is InChI=1S/C18H20FN/c1-4-15(3)20(18-11-6-5-8-14(18)2)13-16-9-7-10-17(19)12-16/h5-12H,3-4,13H2,1-2H3. The molecule has 0 bridgehead atoms. The van der Waals surface area contributed by atoms with E-state index in [2.05, 4.69) is 37.5 Å². The quantitative estimate of drug-likeness (QED) is 0.733. The van der Waals surface area contributed by atoms with Gasteiger partial charge in [0.15, 0.2) is 0 Å². The Bertz CT molecular complexity index is 604. The van der Waals surface area contributed by atoms with Crippen molar-refractivity contribution < 1.29 is 4.39 Å². The number of para-hydroxylation sites is 1. The van der Waals surface area contributed by atoms with Crippen molar-refractivity contribution >= 4 is 5.69 Å². The van der Waals surface area contributed by atoms with Gasteiger partial charge in [0.05, 0.1) is 0 Å². The Morgan fingerprint density at radius 3 is 2.55 bits per heavy atom. The van der Waals surface area contributed by atoms with Gasteiger partial charge in [0.1, 0.15) is 5.82 Å². The molecule has 0 aliphatic heterocycles. The van der Waals surface area contributed by atoms with Gasteiger partial charge < -0.3 is 4.90 Å². The molecule has 0 N–H and O–H groups in total. The minimum Gasteiger partial charge on any atom is -0.341 e.